The topological polar surface area (TPSA) is 20.3 Å². The third-order valence-electron chi connectivity index (χ3n) is 3.99. The van der Waals surface area contributed by atoms with Crippen molar-refractivity contribution in [1.29, 1.82) is 0 Å². The Balaban J connectivity index is 1.50. The third-order valence-corrected chi connectivity index (χ3v) is 4.91. The number of hydrogen-bond donors (Lipinski definition) is 0. The fourth-order valence-electron chi connectivity index (χ4n) is 2.85. The van der Waals surface area contributed by atoms with Crippen LogP contribution in [0.4, 0.5) is 0 Å². The molecule has 1 aromatic carbocycles. The highest BCUT2D eigenvalue weighted by Gasteiger charge is 2.23. The maximum Gasteiger partial charge on any atom is 0.174 e. The van der Waals surface area contributed by atoms with Gasteiger partial charge in [0.1, 0.15) is 0 Å². The molecule has 2 nitrogen and oxygen atoms in total. The van der Waals surface area contributed by atoms with Gasteiger partial charge in [-0.25, -0.2) is 0 Å². The average molecular weight is 285 g/mol. The van der Waals surface area contributed by atoms with E-state index >= 15 is 0 Å². The molecule has 1 fully saturated rings. The number of hydrogen-bond acceptors (Lipinski definition) is 3. The first-order valence-corrected chi connectivity index (χ1v) is 8.05. The Bertz CT molecular complexity index is 550. The van der Waals surface area contributed by atoms with Crippen LogP contribution in [0.25, 0.3) is 0 Å². The molecule has 104 valence electrons. The van der Waals surface area contributed by atoms with Crippen molar-refractivity contribution in [1.82, 2.24) is 4.90 Å². The van der Waals surface area contributed by atoms with E-state index in [1.165, 1.54) is 12.0 Å². The first kappa shape index (κ1) is 13.5. The highest BCUT2D eigenvalue weighted by molar-refractivity contribution is 7.12. The van der Waals surface area contributed by atoms with Crippen molar-refractivity contribution < 1.29 is 4.79 Å². The Labute approximate surface area is 124 Å². The van der Waals surface area contributed by atoms with E-state index in [-0.39, 0.29) is 5.78 Å². The van der Waals surface area contributed by atoms with Crippen molar-refractivity contribution >= 4 is 17.1 Å². The minimum Gasteiger partial charge on any atom is -0.302 e. The van der Waals surface area contributed by atoms with Crippen molar-refractivity contribution in [3.05, 3.63) is 58.3 Å². The Kier molecular flexibility index (Phi) is 4.28. The van der Waals surface area contributed by atoms with E-state index in [1.807, 2.05) is 17.5 Å². The molecule has 2 aromatic rings. The summed E-state index contributed by atoms with van der Waals surface area (Å²) in [5, 5.41) is 1.97. The van der Waals surface area contributed by atoms with E-state index in [0.717, 1.165) is 24.5 Å². The van der Waals surface area contributed by atoms with Crippen LogP contribution in [0.3, 0.4) is 0 Å². The normalized spacial score (nSPS) is 19.3. The quantitative estimate of drug-likeness (QED) is 0.779. The lowest BCUT2D eigenvalue weighted by atomic mass is 9.99. The monoisotopic (exact) mass is 285 g/mol. The van der Waals surface area contributed by atoms with Crippen molar-refractivity contribution in [3.8, 4) is 0 Å². The largest absolute Gasteiger partial charge is 0.302 e. The molecule has 1 aliphatic heterocycles. The highest BCUT2D eigenvalue weighted by Crippen LogP contribution is 2.27. The maximum atomic E-state index is 12.0. The van der Waals surface area contributed by atoms with Gasteiger partial charge in [0.2, 0.25) is 0 Å². The Morgan fingerprint density at radius 1 is 1.20 bits per heavy atom. The summed E-state index contributed by atoms with van der Waals surface area (Å²) in [7, 11) is 0. The molecule has 0 unspecified atom stereocenters. The van der Waals surface area contributed by atoms with E-state index < -0.39 is 0 Å². The van der Waals surface area contributed by atoms with Gasteiger partial charge in [-0.05, 0) is 35.9 Å². The molecule has 1 aliphatic rings. The molecule has 0 N–H and O–H groups in total. The lowest BCUT2D eigenvalue weighted by Gasteiger charge is -2.15. The van der Waals surface area contributed by atoms with Gasteiger partial charge in [0.25, 0.3) is 0 Å². The van der Waals surface area contributed by atoms with Crippen LogP contribution in [0.1, 0.15) is 34.0 Å². The fourth-order valence-corrected chi connectivity index (χ4v) is 3.55. The van der Waals surface area contributed by atoms with Gasteiger partial charge < -0.3 is 4.90 Å². The van der Waals surface area contributed by atoms with Crippen LogP contribution in [0.15, 0.2) is 47.8 Å². The van der Waals surface area contributed by atoms with Crippen LogP contribution < -0.4 is 0 Å². The molecule has 3 rings (SSSR count). The summed E-state index contributed by atoms with van der Waals surface area (Å²) in [5.74, 6) is 0.913. The van der Waals surface area contributed by atoms with E-state index in [2.05, 4.69) is 35.2 Å². The van der Waals surface area contributed by atoms with Gasteiger partial charge in [-0.15, -0.1) is 11.3 Å². The van der Waals surface area contributed by atoms with Gasteiger partial charge >= 0.3 is 0 Å². The van der Waals surface area contributed by atoms with E-state index in [4.69, 9.17) is 0 Å². The number of thiophene rings is 1. The van der Waals surface area contributed by atoms with Crippen LogP contribution in [0, 0.1) is 0 Å². The molecular weight excluding hydrogens is 266 g/mol. The fraction of sp³-hybridized carbons (Fsp3) is 0.353. The highest BCUT2D eigenvalue weighted by atomic mass is 32.1. The van der Waals surface area contributed by atoms with Gasteiger partial charge in [0, 0.05) is 19.5 Å². The Morgan fingerprint density at radius 2 is 2.05 bits per heavy atom. The molecule has 0 amide bonds. The lowest BCUT2D eigenvalue weighted by Crippen LogP contribution is -2.23. The molecule has 1 aromatic heterocycles. The standard InChI is InChI=1S/C17H19NOS/c19-16(17-7-4-12-20-17)9-11-18-10-8-15(13-18)14-5-2-1-3-6-14/h1-7,12,15H,8-11,13H2/t15-/m0/s1. The van der Waals surface area contributed by atoms with Gasteiger partial charge in [-0.1, -0.05) is 36.4 Å². The maximum absolute atomic E-state index is 12.0. The second kappa shape index (κ2) is 6.33. The van der Waals surface area contributed by atoms with E-state index in [1.54, 1.807) is 11.3 Å². The molecule has 1 atom stereocenters. The summed E-state index contributed by atoms with van der Waals surface area (Å²) >= 11 is 1.54. The number of likely N-dealkylation sites (tertiary alicyclic amines) is 1. The summed E-state index contributed by atoms with van der Waals surface area (Å²) in [6.07, 6.45) is 1.85. The summed E-state index contributed by atoms with van der Waals surface area (Å²) in [6.45, 7) is 3.08. The number of nitrogens with zero attached hydrogens (tertiary/aromatic N) is 1. The van der Waals surface area contributed by atoms with Gasteiger partial charge in [0.05, 0.1) is 4.88 Å². The number of rotatable bonds is 5. The van der Waals surface area contributed by atoms with Crippen molar-refractivity contribution in [2.75, 3.05) is 19.6 Å². The summed E-state index contributed by atoms with van der Waals surface area (Å²) in [6, 6.07) is 14.6. The van der Waals surface area contributed by atoms with Gasteiger partial charge in [-0.2, -0.15) is 0 Å². The SMILES string of the molecule is O=C(CCN1CC[C@H](c2ccccc2)C1)c1cccs1. The van der Waals surface area contributed by atoms with Crippen molar-refractivity contribution in [2.24, 2.45) is 0 Å². The molecule has 20 heavy (non-hydrogen) atoms. The average Bonchev–Trinajstić information content (AvgIpc) is 3.17. The predicted molar refractivity (Wildman–Crippen MR) is 83.5 cm³/mol. The number of carbonyl (C=O) groups excluding carboxylic acids is 1. The molecule has 0 bridgehead atoms. The Morgan fingerprint density at radius 3 is 2.80 bits per heavy atom. The van der Waals surface area contributed by atoms with E-state index in [9.17, 15) is 4.79 Å². The lowest BCUT2D eigenvalue weighted by molar-refractivity contribution is 0.0972. The zero-order valence-corrected chi connectivity index (χ0v) is 12.3. The summed E-state index contributed by atoms with van der Waals surface area (Å²) in [5.41, 5.74) is 1.43. The number of Topliss-reactive ketones (excluding diaryl/α,β-unsaturated/α-hetero) is 1. The molecule has 0 spiro atoms. The van der Waals surface area contributed by atoms with Crippen molar-refractivity contribution in [3.63, 3.8) is 0 Å². The summed E-state index contributed by atoms with van der Waals surface area (Å²) in [4.78, 5) is 15.3. The van der Waals surface area contributed by atoms with Crippen LogP contribution in [0.5, 0.6) is 0 Å². The van der Waals surface area contributed by atoms with E-state index in [0.29, 0.717) is 12.3 Å². The smallest absolute Gasteiger partial charge is 0.174 e. The first-order chi connectivity index (χ1) is 9.83. The number of benzene rings is 1. The summed E-state index contributed by atoms with van der Waals surface area (Å²) < 4.78 is 0. The van der Waals surface area contributed by atoms with Crippen molar-refractivity contribution in [2.45, 2.75) is 18.8 Å². The molecule has 1 saturated heterocycles. The minimum absolute atomic E-state index is 0.281. The second-order valence-corrected chi connectivity index (χ2v) is 6.30. The van der Waals surface area contributed by atoms with Crippen LogP contribution in [-0.4, -0.2) is 30.3 Å². The first-order valence-electron chi connectivity index (χ1n) is 7.17. The molecule has 2 heterocycles. The zero-order chi connectivity index (χ0) is 13.8. The molecule has 0 radical (unpaired) electrons. The number of ketones is 1. The van der Waals surface area contributed by atoms with Gasteiger partial charge in [-0.3, -0.25) is 4.79 Å². The number of carbonyl (C=O) groups is 1. The minimum atomic E-state index is 0.281. The predicted octanol–water partition coefficient (Wildman–Crippen LogP) is 3.81. The molecule has 0 saturated carbocycles. The zero-order valence-electron chi connectivity index (χ0n) is 11.5. The third kappa shape index (κ3) is 3.17. The van der Waals surface area contributed by atoms with Gasteiger partial charge in [0.15, 0.2) is 5.78 Å². The molecule has 0 aliphatic carbocycles. The van der Waals surface area contributed by atoms with Crippen LogP contribution in [0.2, 0.25) is 0 Å². The molecule has 3 heteroatoms. The second-order valence-electron chi connectivity index (χ2n) is 5.35. The van der Waals surface area contributed by atoms with Crippen LogP contribution in [-0.2, 0) is 0 Å². The van der Waals surface area contributed by atoms with Crippen LogP contribution >= 0.6 is 11.3 Å². The Hall–Kier alpha value is -1.45. The molecular formula is C17H19NOS.